The number of hydrogen-bond acceptors (Lipinski definition) is 1. The zero-order valence-electron chi connectivity index (χ0n) is 10.2. The molecule has 0 heterocycles. The van der Waals surface area contributed by atoms with Gasteiger partial charge in [-0.05, 0) is 37.0 Å². The summed E-state index contributed by atoms with van der Waals surface area (Å²) in [6.07, 6.45) is 2.55. The SMILES string of the molecule is CCC(=O)c1cc(C)cc(CC)c1CC. The Kier molecular flexibility index (Phi) is 4.07. The van der Waals surface area contributed by atoms with E-state index in [9.17, 15) is 4.79 Å². The maximum absolute atomic E-state index is 11.8. The van der Waals surface area contributed by atoms with Crippen molar-refractivity contribution in [2.45, 2.75) is 47.0 Å². The summed E-state index contributed by atoms with van der Waals surface area (Å²) in [6.45, 7) is 8.26. The molecule has 1 aromatic carbocycles. The molecule has 0 aromatic heterocycles. The number of hydrogen-bond donors (Lipinski definition) is 0. The zero-order chi connectivity index (χ0) is 11.4. The summed E-state index contributed by atoms with van der Waals surface area (Å²) in [5, 5.41) is 0. The molecule has 0 aliphatic carbocycles. The van der Waals surface area contributed by atoms with Crippen molar-refractivity contribution in [2.24, 2.45) is 0 Å². The lowest BCUT2D eigenvalue weighted by atomic mass is 9.92. The van der Waals surface area contributed by atoms with E-state index in [4.69, 9.17) is 0 Å². The molecule has 0 radical (unpaired) electrons. The molecule has 1 aromatic rings. The van der Waals surface area contributed by atoms with Crippen molar-refractivity contribution in [3.05, 3.63) is 34.4 Å². The first-order valence-corrected chi connectivity index (χ1v) is 5.79. The van der Waals surface area contributed by atoms with Gasteiger partial charge in [0.05, 0.1) is 0 Å². The Labute approximate surface area is 92.5 Å². The largest absolute Gasteiger partial charge is 0.294 e. The smallest absolute Gasteiger partial charge is 0.162 e. The molecule has 1 nitrogen and oxygen atoms in total. The molecule has 0 spiro atoms. The van der Waals surface area contributed by atoms with Crippen LogP contribution in [0.5, 0.6) is 0 Å². The van der Waals surface area contributed by atoms with Crippen LogP contribution in [0.4, 0.5) is 0 Å². The predicted octanol–water partition coefficient (Wildman–Crippen LogP) is 3.71. The fourth-order valence-electron chi connectivity index (χ4n) is 2.06. The zero-order valence-corrected chi connectivity index (χ0v) is 10.2. The van der Waals surface area contributed by atoms with E-state index in [0.717, 1.165) is 18.4 Å². The van der Waals surface area contributed by atoms with Gasteiger partial charge in [0.2, 0.25) is 0 Å². The third kappa shape index (κ3) is 2.47. The summed E-state index contributed by atoms with van der Waals surface area (Å²) < 4.78 is 0. The van der Waals surface area contributed by atoms with E-state index < -0.39 is 0 Å². The maximum Gasteiger partial charge on any atom is 0.162 e. The second-order valence-electron chi connectivity index (χ2n) is 3.93. The molecule has 1 heteroatoms. The maximum atomic E-state index is 11.8. The van der Waals surface area contributed by atoms with Gasteiger partial charge in [0.15, 0.2) is 5.78 Å². The van der Waals surface area contributed by atoms with Crippen LogP contribution in [0, 0.1) is 6.92 Å². The first-order chi connectivity index (χ1) is 7.13. The van der Waals surface area contributed by atoms with Gasteiger partial charge in [-0.3, -0.25) is 4.79 Å². The number of rotatable bonds is 4. The first-order valence-electron chi connectivity index (χ1n) is 5.79. The van der Waals surface area contributed by atoms with Crippen molar-refractivity contribution < 1.29 is 4.79 Å². The Morgan fingerprint density at radius 2 is 1.80 bits per heavy atom. The van der Waals surface area contributed by atoms with Crippen molar-refractivity contribution >= 4 is 5.78 Å². The fraction of sp³-hybridized carbons (Fsp3) is 0.500. The van der Waals surface area contributed by atoms with E-state index in [2.05, 4.69) is 26.8 Å². The summed E-state index contributed by atoms with van der Waals surface area (Å²) in [7, 11) is 0. The van der Waals surface area contributed by atoms with Crippen LogP contribution in [-0.4, -0.2) is 5.78 Å². The molecule has 82 valence electrons. The van der Waals surface area contributed by atoms with Gasteiger partial charge in [0.1, 0.15) is 0 Å². The monoisotopic (exact) mass is 204 g/mol. The number of Topliss-reactive ketones (excluding diaryl/α,β-unsaturated/α-hetero) is 1. The minimum atomic E-state index is 0.269. The average Bonchev–Trinajstić information content (AvgIpc) is 2.26. The van der Waals surface area contributed by atoms with Crippen LogP contribution in [0.1, 0.15) is 54.2 Å². The van der Waals surface area contributed by atoms with Gasteiger partial charge in [-0.1, -0.05) is 32.4 Å². The van der Waals surface area contributed by atoms with Gasteiger partial charge >= 0.3 is 0 Å². The molecule has 0 saturated heterocycles. The average molecular weight is 204 g/mol. The quantitative estimate of drug-likeness (QED) is 0.683. The molecule has 0 aliphatic rings. The van der Waals surface area contributed by atoms with E-state index in [0.29, 0.717) is 6.42 Å². The normalized spacial score (nSPS) is 10.4. The van der Waals surface area contributed by atoms with Gasteiger partial charge in [-0.25, -0.2) is 0 Å². The molecule has 0 aliphatic heterocycles. The summed E-state index contributed by atoms with van der Waals surface area (Å²) in [4.78, 5) is 11.8. The lowest BCUT2D eigenvalue weighted by Gasteiger charge is -2.12. The topological polar surface area (TPSA) is 17.1 Å². The second kappa shape index (κ2) is 5.11. The molecule has 1 rings (SSSR count). The van der Waals surface area contributed by atoms with Crippen LogP contribution in [0.15, 0.2) is 12.1 Å². The highest BCUT2D eigenvalue weighted by atomic mass is 16.1. The van der Waals surface area contributed by atoms with Gasteiger partial charge in [0.25, 0.3) is 0 Å². The fourth-order valence-corrected chi connectivity index (χ4v) is 2.06. The van der Waals surface area contributed by atoms with Crippen LogP contribution in [-0.2, 0) is 12.8 Å². The summed E-state index contributed by atoms with van der Waals surface area (Å²) in [6, 6.07) is 4.23. The van der Waals surface area contributed by atoms with E-state index in [-0.39, 0.29) is 5.78 Å². The first kappa shape index (κ1) is 12.0. The highest BCUT2D eigenvalue weighted by Crippen LogP contribution is 2.20. The molecule has 0 unspecified atom stereocenters. The molecule has 0 atom stereocenters. The second-order valence-corrected chi connectivity index (χ2v) is 3.93. The molecular weight excluding hydrogens is 184 g/mol. The van der Waals surface area contributed by atoms with Crippen molar-refractivity contribution in [3.8, 4) is 0 Å². The lowest BCUT2D eigenvalue weighted by Crippen LogP contribution is -2.06. The Balaban J connectivity index is 3.35. The summed E-state index contributed by atoms with van der Waals surface area (Å²) >= 11 is 0. The van der Waals surface area contributed by atoms with Gasteiger partial charge in [-0.2, -0.15) is 0 Å². The van der Waals surface area contributed by atoms with Crippen LogP contribution in [0.25, 0.3) is 0 Å². The van der Waals surface area contributed by atoms with Crippen LogP contribution < -0.4 is 0 Å². The van der Waals surface area contributed by atoms with Gasteiger partial charge in [-0.15, -0.1) is 0 Å². The van der Waals surface area contributed by atoms with E-state index in [1.165, 1.54) is 16.7 Å². The Morgan fingerprint density at radius 1 is 1.13 bits per heavy atom. The van der Waals surface area contributed by atoms with Crippen molar-refractivity contribution in [3.63, 3.8) is 0 Å². The predicted molar refractivity (Wildman–Crippen MR) is 64.6 cm³/mol. The van der Waals surface area contributed by atoms with Crippen LogP contribution >= 0.6 is 0 Å². The van der Waals surface area contributed by atoms with E-state index in [1.807, 2.05) is 13.0 Å². The Bertz CT molecular complexity index is 364. The summed E-state index contributed by atoms with van der Waals surface area (Å²) in [5.41, 5.74) is 4.71. The van der Waals surface area contributed by atoms with Crippen LogP contribution in [0.2, 0.25) is 0 Å². The molecule has 15 heavy (non-hydrogen) atoms. The standard InChI is InChI=1S/C14H20O/c1-5-11-8-10(4)9-13(12(11)6-2)14(15)7-3/h8-9H,5-7H2,1-4H3. The number of aryl methyl sites for hydroxylation is 2. The van der Waals surface area contributed by atoms with Gasteiger partial charge in [0, 0.05) is 12.0 Å². The van der Waals surface area contributed by atoms with Crippen molar-refractivity contribution in [2.75, 3.05) is 0 Å². The Morgan fingerprint density at radius 3 is 2.27 bits per heavy atom. The number of ketones is 1. The van der Waals surface area contributed by atoms with Crippen molar-refractivity contribution in [1.29, 1.82) is 0 Å². The lowest BCUT2D eigenvalue weighted by molar-refractivity contribution is 0.0987. The molecule has 0 fully saturated rings. The number of carbonyl (C=O) groups excluding carboxylic acids is 1. The number of benzene rings is 1. The molecular formula is C14H20O. The van der Waals surface area contributed by atoms with Crippen molar-refractivity contribution in [1.82, 2.24) is 0 Å². The Hall–Kier alpha value is -1.11. The highest BCUT2D eigenvalue weighted by molar-refractivity contribution is 5.97. The minimum Gasteiger partial charge on any atom is -0.294 e. The van der Waals surface area contributed by atoms with Crippen LogP contribution in [0.3, 0.4) is 0 Å². The highest BCUT2D eigenvalue weighted by Gasteiger charge is 2.12. The summed E-state index contributed by atoms with van der Waals surface area (Å²) in [5.74, 6) is 0.269. The molecule has 0 saturated carbocycles. The third-order valence-corrected chi connectivity index (χ3v) is 2.84. The third-order valence-electron chi connectivity index (χ3n) is 2.84. The number of carbonyl (C=O) groups is 1. The van der Waals surface area contributed by atoms with E-state index >= 15 is 0 Å². The minimum absolute atomic E-state index is 0.269. The van der Waals surface area contributed by atoms with E-state index in [1.54, 1.807) is 0 Å². The van der Waals surface area contributed by atoms with Gasteiger partial charge < -0.3 is 0 Å². The molecule has 0 N–H and O–H groups in total. The molecule has 0 bridgehead atoms. The molecule has 0 amide bonds.